The van der Waals surface area contributed by atoms with E-state index >= 15 is 0 Å². The van der Waals surface area contributed by atoms with Crippen molar-refractivity contribution in [1.29, 1.82) is 0 Å². The standard InChI is InChI=1S/C14H22OP/c1-4-16(5-2,6-3)12-14(15)13-10-8-7-9-11-13/h7-11H,4-6,12H2,1-3H3/q+1. The fraction of sp³-hybridized carbons (Fsp3) is 0.500. The third-order valence-corrected chi connectivity index (χ3v) is 8.57. The summed E-state index contributed by atoms with van der Waals surface area (Å²) in [6.07, 6.45) is 4.37. The fourth-order valence-electron chi connectivity index (χ4n) is 2.03. The molecule has 0 unspecified atom stereocenters. The lowest BCUT2D eigenvalue weighted by Gasteiger charge is -2.22. The minimum atomic E-state index is -1.01. The van der Waals surface area contributed by atoms with Gasteiger partial charge in [0.1, 0.15) is 6.16 Å². The number of carbonyl (C=O) groups is 1. The van der Waals surface area contributed by atoms with Crippen molar-refractivity contribution in [3.8, 4) is 0 Å². The molecule has 0 fully saturated rings. The second-order valence-corrected chi connectivity index (χ2v) is 9.13. The Morgan fingerprint density at radius 1 is 1.00 bits per heavy atom. The molecule has 16 heavy (non-hydrogen) atoms. The molecule has 1 rings (SSSR count). The van der Waals surface area contributed by atoms with Gasteiger partial charge in [0.05, 0.1) is 18.5 Å². The van der Waals surface area contributed by atoms with Gasteiger partial charge < -0.3 is 0 Å². The van der Waals surface area contributed by atoms with Gasteiger partial charge in [0.15, 0.2) is 5.78 Å². The number of benzene rings is 1. The van der Waals surface area contributed by atoms with Gasteiger partial charge in [-0.2, -0.15) is 0 Å². The highest BCUT2D eigenvalue weighted by molar-refractivity contribution is 7.76. The highest BCUT2D eigenvalue weighted by atomic mass is 31.2. The van der Waals surface area contributed by atoms with Crippen LogP contribution in [0.4, 0.5) is 0 Å². The first-order valence-electron chi connectivity index (χ1n) is 6.10. The summed E-state index contributed by atoms with van der Waals surface area (Å²) in [5.41, 5.74) is 0.877. The van der Waals surface area contributed by atoms with E-state index in [0.717, 1.165) is 11.7 Å². The van der Waals surface area contributed by atoms with E-state index < -0.39 is 7.26 Å². The molecule has 0 saturated heterocycles. The largest absolute Gasteiger partial charge is 0.290 e. The highest BCUT2D eigenvalue weighted by Crippen LogP contribution is 2.57. The number of ketones is 1. The van der Waals surface area contributed by atoms with Crippen molar-refractivity contribution in [1.82, 2.24) is 0 Å². The van der Waals surface area contributed by atoms with Crippen LogP contribution in [0.25, 0.3) is 0 Å². The van der Waals surface area contributed by atoms with Crippen LogP contribution >= 0.6 is 7.26 Å². The lowest BCUT2D eigenvalue weighted by Crippen LogP contribution is -2.15. The van der Waals surface area contributed by atoms with Crippen LogP contribution in [0.3, 0.4) is 0 Å². The summed E-state index contributed by atoms with van der Waals surface area (Å²) in [5, 5.41) is 0. The molecule has 0 spiro atoms. The molecule has 0 bridgehead atoms. The summed E-state index contributed by atoms with van der Waals surface area (Å²) in [7, 11) is -1.01. The van der Waals surface area contributed by atoms with Gasteiger partial charge in [0.2, 0.25) is 0 Å². The van der Waals surface area contributed by atoms with Crippen LogP contribution in [0.1, 0.15) is 31.1 Å². The number of carbonyl (C=O) groups excluding carboxylic acids is 1. The van der Waals surface area contributed by atoms with Gasteiger partial charge in [0, 0.05) is 12.8 Å². The van der Waals surface area contributed by atoms with Gasteiger partial charge in [0.25, 0.3) is 0 Å². The molecular formula is C14H22OP+. The summed E-state index contributed by atoms with van der Waals surface area (Å²) in [5.74, 6) is 0.333. The maximum absolute atomic E-state index is 12.2. The Morgan fingerprint density at radius 2 is 1.50 bits per heavy atom. The average Bonchev–Trinajstić information content (AvgIpc) is 2.37. The van der Waals surface area contributed by atoms with Gasteiger partial charge >= 0.3 is 0 Å². The van der Waals surface area contributed by atoms with Gasteiger partial charge in [-0.1, -0.05) is 30.3 Å². The zero-order valence-electron chi connectivity index (χ0n) is 10.6. The van der Waals surface area contributed by atoms with E-state index in [-0.39, 0.29) is 0 Å². The maximum atomic E-state index is 12.2. The first-order chi connectivity index (χ1) is 7.67. The first kappa shape index (κ1) is 13.4. The summed E-state index contributed by atoms with van der Waals surface area (Å²) in [6, 6.07) is 9.70. The zero-order chi connectivity index (χ0) is 12.0. The van der Waals surface area contributed by atoms with Crippen LogP contribution in [0, 0.1) is 0 Å². The lowest BCUT2D eigenvalue weighted by atomic mass is 10.2. The second kappa shape index (κ2) is 6.15. The number of Topliss-reactive ketones (excluding diaryl/α,β-unsaturated/α-hetero) is 1. The molecule has 0 saturated carbocycles. The van der Waals surface area contributed by atoms with Crippen molar-refractivity contribution >= 4 is 13.0 Å². The maximum Gasteiger partial charge on any atom is 0.199 e. The van der Waals surface area contributed by atoms with Crippen LogP contribution in [0.15, 0.2) is 30.3 Å². The highest BCUT2D eigenvalue weighted by Gasteiger charge is 2.34. The summed E-state index contributed by atoms with van der Waals surface area (Å²) >= 11 is 0. The van der Waals surface area contributed by atoms with E-state index in [1.54, 1.807) is 0 Å². The number of rotatable bonds is 6. The normalized spacial score (nSPS) is 11.4. The molecule has 0 aromatic heterocycles. The van der Waals surface area contributed by atoms with E-state index in [1.807, 2.05) is 30.3 Å². The monoisotopic (exact) mass is 237 g/mol. The third-order valence-electron chi connectivity index (χ3n) is 3.59. The quantitative estimate of drug-likeness (QED) is 0.541. The van der Waals surface area contributed by atoms with Crippen molar-refractivity contribution in [2.75, 3.05) is 24.6 Å². The lowest BCUT2D eigenvalue weighted by molar-refractivity contribution is 0.102. The topological polar surface area (TPSA) is 17.1 Å². The van der Waals surface area contributed by atoms with Gasteiger partial charge in [-0.05, 0) is 20.8 Å². The van der Waals surface area contributed by atoms with Crippen molar-refractivity contribution in [3.05, 3.63) is 35.9 Å². The SMILES string of the molecule is CC[P+](CC)(CC)CC(=O)c1ccccc1. The van der Waals surface area contributed by atoms with Gasteiger partial charge in [-0.25, -0.2) is 0 Å². The molecule has 2 heteroatoms. The first-order valence-corrected chi connectivity index (χ1v) is 8.63. The predicted molar refractivity (Wildman–Crippen MR) is 74.2 cm³/mol. The number of hydrogen-bond acceptors (Lipinski definition) is 1. The average molecular weight is 237 g/mol. The molecule has 1 nitrogen and oxygen atoms in total. The molecule has 0 radical (unpaired) electrons. The molecule has 0 N–H and O–H groups in total. The van der Waals surface area contributed by atoms with Crippen molar-refractivity contribution in [2.24, 2.45) is 0 Å². The van der Waals surface area contributed by atoms with Crippen molar-refractivity contribution in [2.45, 2.75) is 20.8 Å². The van der Waals surface area contributed by atoms with Crippen molar-refractivity contribution < 1.29 is 4.79 Å². The van der Waals surface area contributed by atoms with Crippen LogP contribution in [-0.4, -0.2) is 30.4 Å². The van der Waals surface area contributed by atoms with E-state index in [2.05, 4.69) is 20.8 Å². The Labute approximate surface area is 99.6 Å². The Hall–Kier alpha value is -0.680. The third kappa shape index (κ3) is 3.15. The van der Waals surface area contributed by atoms with Crippen LogP contribution in [0.2, 0.25) is 0 Å². The summed E-state index contributed by atoms with van der Waals surface area (Å²) in [6.45, 7) is 6.71. The molecule has 0 amide bonds. The Balaban J connectivity index is 2.77. The summed E-state index contributed by atoms with van der Waals surface area (Å²) < 4.78 is 0. The van der Waals surface area contributed by atoms with E-state index in [9.17, 15) is 4.79 Å². The molecule has 1 aromatic carbocycles. The van der Waals surface area contributed by atoms with Crippen LogP contribution in [-0.2, 0) is 0 Å². The molecule has 0 atom stereocenters. The Bertz CT molecular complexity index is 320. The van der Waals surface area contributed by atoms with E-state index in [0.29, 0.717) is 5.78 Å². The van der Waals surface area contributed by atoms with Gasteiger partial charge in [-0.3, -0.25) is 4.79 Å². The summed E-state index contributed by atoms with van der Waals surface area (Å²) in [4.78, 5) is 12.2. The second-order valence-electron chi connectivity index (χ2n) is 4.24. The smallest absolute Gasteiger partial charge is 0.199 e. The Kier molecular flexibility index (Phi) is 5.15. The number of hydrogen-bond donors (Lipinski definition) is 0. The molecular weight excluding hydrogens is 215 g/mol. The zero-order valence-corrected chi connectivity index (χ0v) is 11.5. The Morgan fingerprint density at radius 3 is 1.94 bits per heavy atom. The molecule has 88 valence electrons. The molecule has 0 aliphatic heterocycles. The predicted octanol–water partition coefficient (Wildman–Crippen LogP) is 3.95. The van der Waals surface area contributed by atoms with Crippen LogP contribution < -0.4 is 0 Å². The molecule has 1 aromatic rings. The minimum absolute atomic E-state index is 0.333. The van der Waals surface area contributed by atoms with Gasteiger partial charge in [-0.15, -0.1) is 0 Å². The molecule has 0 aliphatic rings. The van der Waals surface area contributed by atoms with E-state index in [4.69, 9.17) is 0 Å². The minimum Gasteiger partial charge on any atom is -0.290 e. The fourth-order valence-corrected chi connectivity index (χ4v) is 4.83. The van der Waals surface area contributed by atoms with Crippen LogP contribution in [0.5, 0.6) is 0 Å². The molecule has 0 aliphatic carbocycles. The molecule has 0 heterocycles. The van der Waals surface area contributed by atoms with Crippen molar-refractivity contribution in [3.63, 3.8) is 0 Å². The van der Waals surface area contributed by atoms with E-state index in [1.165, 1.54) is 18.5 Å².